The van der Waals surface area contributed by atoms with Crippen molar-refractivity contribution < 1.29 is 13.2 Å². The Bertz CT molecular complexity index is 1270. The Kier molecular flexibility index (Phi) is 6.41. The van der Waals surface area contributed by atoms with E-state index in [4.69, 9.17) is 4.74 Å². The first-order valence-corrected chi connectivity index (χ1v) is 12.5. The van der Waals surface area contributed by atoms with Crippen LogP contribution in [0.25, 0.3) is 11.3 Å². The molecule has 1 aliphatic heterocycles. The highest BCUT2D eigenvalue weighted by molar-refractivity contribution is 7.89. The number of aryl methyl sites for hydroxylation is 2. The predicted molar refractivity (Wildman–Crippen MR) is 130 cm³/mol. The molecule has 0 unspecified atom stereocenters. The zero-order chi connectivity index (χ0) is 23.8. The zero-order valence-corrected chi connectivity index (χ0v) is 20.6. The molecule has 8 heteroatoms. The van der Waals surface area contributed by atoms with Crippen LogP contribution in [0.3, 0.4) is 0 Å². The lowest BCUT2D eigenvalue weighted by atomic mass is 10.1. The maximum absolute atomic E-state index is 13.4. The number of anilines is 1. The van der Waals surface area contributed by atoms with Crippen molar-refractivity contribution in [1.82, 2.24) is 14.5 Å². The molecule has 1 aromatic heterocycles. The predicted octanol–water partition coefficient (Wildman–Crippen LogP) is 3.90. The van der Waals surface area contributed by atoms with Crippen molar-refractivity contribution >= 4 is 15.8 Å². The van der Waals surface area contributed by atoms with Crippen LogP contribution in [0.4, 0.5) is 5.82 Å². The van der Waals surface area contributed by atoms with Crippen molar-refractivity contribution in [1.29, 1.82) is 0 Å². The van der Waals surface area contributed by atoms with Gasteiger partial charge in [-0.25, -0.2) is 8.42 Å². The Morgan fingerprint density at radius 2 is 1.55 bits per heavy atom. The minimum atomic E-state index is -3.60. The maximum Gasteiger partial charge on any atom is 0.243 e. The Balaban J connectivity index is 1.49. The van der Waals surface area contributed by atoms with Gasteiger partial charge in [-0.15, -0.1) is 10.2 Å². The van der Waals surface area contributed by atoms with Gasteiger partial charge in [0.1, 0.15) is 5.75 Å². The second kappa shape index (κ2) is 9.11. The summed E-state index contributed by atoms with van der Waals surface area (Å²) in [4.78, 5) is 2.44. The normalized spacial score (nSPS) is 15.0. The smallest absolute Gasteiger partial charge is 0.243 e. The van der Waals surface area contributed by atoms with E-state index in [2.05, 4.69) is 28.1 Å². The molecule has 1 fully saturated rings. The highest BCUT2D eigenvalue weighted by Crippen LogP contribution is 2.33. The lowest BCUT2D eigenvalue weighted by Gasteiger charge is -2.35. The molecular formula is C25H30N4O3S. The SMILES string of the molecule is COc1c(C)cc(S(=O)(=O)N2CCN(c3ccc(-c4ccccc4C)nn3)CC2)c(C)c1C. The van der Waals surface area contributed by atoms with Gasteiger partial charge in [0.05, 0.1) is 17.7 Å². The second-order valence-corrected chi connectivity index (χ2v) is 10.4. The van der Waals surface area contributed by atoms with E-state index in [1.165, 1.54) is 0 Å². The van der Waals surface area contributed by atoms with Crippen LogP contribution >= 0.6 is 0 Å². The van der Waals surface area contributed by atoms with Crippen LogP contribution in [0.1, 0.15) is 22.3 Å². The molecule has 7 nitrogen and oxygen atoms in total. The molecule has 3 aromatic rings. The number of benzene rings is 2. The van der Waals surface area contributed by atoms with Gasteiger partial charge < -0.3 is 9.64 Å². The van der Waals surface area contributed by atoms with Crippen LogP contribution in [0.2, 0.25) is 0 Å². The molecule has 0 aliphatic carbocycles. The molecule has 0 amide bonds. The summed E-state index contributed by atoms with van der Waals surface area (Å²) >= 11 is 0. The van der Waals surface area contributed by atoms with Gasteiger partial charge in [0, 0.05) is 31.7 Å². The molecule has 1 aliphatic rings. The summed E-state index contributed by atoms with van der Waals surface area (Å²) in [5.74, 6) is 1.50. The average Bonchev–Trinajstić information content (AvgIpc) is 2.82. The Morgan fingerprint density at radius 3 is 2.15 bits per heavy atom. The van der Waals surface area contributed by atoms with Crippen molar-refractivity contribution in [2.45, 2.75) is 32.6 Å². The first-order valence-electron chi connectivity index (χ1n) is 11.0. The summed E-state index contributed by atoms with van der Waals surface area (Å²) in [6.45, 7) is 9.58. The maximum atomic E-state index is 13.4. The minimum absolute atomic E-state index is 0.356. The molecule has 174 valence electrons. The fourth-order valence-electron chi connectivity index (χ4n) is 4.40. The molecule has 2 aromatic carbocycles. The molecule has 4 rings (SSSR count). The lowest BCUT2D eigenvalue weighted by molar-refractivity contribution is 0.382. The number of hydrogen-bond donors (Lipinski definition) is 0. The molecule has 0 saturated carbocycles. The van der Waals surface area contributed by atoms with Crippen LogP contribution in [0.5, 0.6) is 5.75 Å². The summed E-state index contributed by atoms with van der Waals surface area (Å²) in [5, 5.41) is 8.83. The monoisotopic (exact) mass is 466 g/mol. The molecule has 0 N–H and O–H groups in total. The fraction of sp³-hybridized carbons (Fsp3) is 0.360. The van der Waals surface area contributed by atoms with Gasteiger partial charge in [0.15, 0.2) is 5.82 Å². The van der Waals surface area contributed by atoms with Crippen LogP contribution in [-0.2, 0) is 10.0 Å². The number of methoxy groups -OCH3 is 1. The van der Waals surface area contributed by atoms with Crippen molar-refractivity contribution in [3.05, 3.63) is 64.7 Å². The van der Waals surface area contributed by atoms with E-state index in [0.717, 1.165) is 45.1 Å². The highest BCUT2D eigenvalue weighted by Gasteiger charge is 2.31. The third-order valence-corrected chi connectivity index (χ3v) is 8.46. The van der Waals surface area contributed by atoms with Gasteiger partial charge in [-0.1, -0.05) is 24.3 Å². The van der Waals surface area contributed by atoms with Crippen molar-refractivity contribution in [2.24, 2.45) is 0 Å². The number of sulfonamides is 1. The fourth-order valence-corrected chi connectivity index (χ4v) is 6.19. The van der Waals surface area contributed by atoms with Crippen LogP contribution < -0.4 is 9.64 Å². The summed E-state index contributed by atoms with van der Waals surface area (Å²) < 4.78 is 33.9. The van der Waals surface area contributed by atoms with E-state index < -0.39 is 10.0 Å². The zero-order valence-electron chi connectivity index (χ0n) is 19.8. The van der Waals surface area contributed by atoms with E-state index in [0.29, 0.717) is 31.1 Å². The number of rotatable bonds is 5. The van der Waals surface area contributed by atoms with Crippen molar-refractivity contribution in [2.75, 3.05) is 38.2 Å². The largest absolute Gasteiger partial charge is 0.496 e. The van der Waals surface area contributed by atoms with Crippen LogP contribution in [0.15, 0.2) is 47.4 Å². The van der Waals surface area contributed by atoms with E-state index in [1.807, 2.05) is 51.1 Å². The minimum Gasteiger partial charge on any atom is -0.496 e. The first kappa shape index (κ1) is 23.2. The van der Waals surface area contributed by atoms with Gasteiger partial charge in [-0.3, -0.25) is 0 Å². The van der Waals surface area contributed by atoms with Crippen molar-refractivity contribution in [3.63, 3.8) is 0 Å². The molecule has 2 heterocycles. The number of piperazine rings is 1. The first-order chi connectivity index (χ1) is 15.7. The van der Waals surface area contributed by atoms with E-state index in [1.54, 1.807) is 17.5 Å². The molecule has 0 spiro atoms. The van der Waals surface area contributed by atoms with Gasteiger partial charge in [0.25, 0.3) is 0 Å². The van der Waals surface area contributed by atoms with E-state index in [9.17, 15) is 8.42 Å². The molecule has 33 heavy (non-hydrogen) atoms. The second-order valence-electron chi connectivity index (χ2n) is 8.46. The quantitative estimate of drug-likeness (QED) is 0.568. The number of hydrogen-bond acceptors (Lipinski definition) is 6. The summed E-state index contributed by atoms with van der Waals surface area (Å²) in [6.07, 6.45) is 0. The molecule has 1 saturated heterocycles. The van der Waals surface area contributed by atoms with Gasteiger partial charge in [-0.05, 0) is 68.1 Å². The van der Waals surface area contributed by atoms with Gasteiger partial charge >= 0.3 is 0 Å². The third-order valence-electron chi connectivity index (χ3n) is 6.43. The van der Waals surface area contributed by atoms with Crippen LogP contribution in [0, 0.1) is 27.7 Å². The highest BCUT2D eigenvalue weighted by atomic mass is 32.2. The number of aromatic nitrogens is 2. The Morgan fingerprint density at radius 1 is 0.848 bits per heavy atom. The van der Waals surface area contributed by atoms with Gasteiger partial charge in [0.2, 0.25) is 10.0 Å². The molecule has 0 bridgehead atoms. The lowest BCUT2D eigenvalue weighted by Crippen LogP contribution is -2.49. The number of nitrogens with zero attached hydrogens (tertiary/aromatic N) is 4. The molecule has 0 radical (unpaired) electrons. The number of ether oxygens (including phenoxy) is 1. The molecule has 0 atom stereocenters. The summed E-state index contributed by atoms with van der Waals surface area (Å²) in [7, 11) is -1.99. The van der Waals surface area contributed by atoms with Crippen molar-refractivity contribution in [3.8, 4) is 17.0 Å². The average molecular weight is 467 g/mol. The van der Waals surface area contributed by atoms with Gasteiger partial charge in [-0.2, -0.15) is 4.31 Å². The molecular weight excluding hydrogens is 436 g/mol. The Labute approximate surface area is 196 Å². The topological polar surface area (TPSA) is 75.6 Å². The Hall–Kier alpha value is -2.97. The van der Waals surface area contributed by atoms with E-state index >= 15 is 0 Å². The summed E-state index contributed by atoms with van der Waals surface area (Å²) in [5.41, 5.74) is 5.46. The standard InChI is InChI=1S/C25H30N4O3S/c1-17-8-6-7-9-21(17)22-10-11-24(27-26-22)28-12-14-29(15-13-28)33(30,31)23-16-18(2)25(32-5)20(4)19(23)3/h6-11,16H,12-15H2,1-5H3. The summed E-state index contributed by atoms with van der Waals surface area (Å²) in [6, 6.07) is 13.7. The van der Waals surface area contributed by atoms with E-state index in [-0.39, 0.29) is 0 Å². The van der Waals surface area contributed by atoms with Crippen LogP contribution in [-0.4, -0.2) is 56.2 Å². The third kappa shape index (κ3) is 4.32.